The maximum atomic E-state index is 12.1. The third kappa shape index (κ3) is 7.51. The van der Waals surface area contributed by atoms with Gasteiger partial charge in [-0.05, 0) is 6.42 Å². The minimum Gasteiger partial charge on any atom is -0.393 e. The van der Waals surface area contributed by atoms with Crippen molar-refractivity contribution in [2.75, 3.05) is 19.8 Å². The second kappa shape index (κ2) is 9.82. The van der Waals surface area contributed by atoms with Crippen molar-refractivity contribution in [2.45, 2.75) is 32.0 Å². The molecule has 21 heavy (non-hydrogen) atoms. The molecule has 0 fully saturated rings. The summed E-state index contributed by atoms with van der Waals surface area (Å²) in [5.74, 6) is -3.05. The lowest BCUT2D eigenvalue weighted by molar-refractivity contribution is -0.152. The molecule has 0 amide bonds. The van der Waals surface area contributed by atoms with Crippen LogP contribution in [0.2, 0.25) is 0 Å². The molecule has 0 spiro atoms. The SMILES string of the molecule is CCCCOP(=O)(OC(=O)C(O)CO)OC(=O)C(O)CO. The Bertz CT molecular complexity index is 356. The summed E-state index contributed by atoms with van der Waals surface area (Å²) >= 11 is 0. The summed E-state index contributed by atoms with van der Waals surface area (Å²) in [6.07, 6.45) is -2.94. The minimum atomic E-state index is -4.74. The smallest absolute Gasteiger partial charge is 0.393 e. The van der Waals surface area contributed by atoms with Crippen LogP contribution in [-0.2, 0) is 27.7 Å². The van der Waals surface area contributed by atoms with Crippen LogP contribution in [0.1, 0.15) is 19.8 Å². The summed E-state index contributed by atoms with van der Waals surface area (Å²) in [7, 11) is -4.74. The van der Waals surface area contributed by atoms with E-state index in [9.17, 15) is 14.2 Å². The molecule has 0 heterocycles. The average molecular weight is 330 g/mol. The Morgan fingerprint density at radius 2 is 1.48 bits per heavy atom. The minimum absolute atomic E-state index is 0.182. The van der Waals surface area contributed by atoms with E-state index in [4.69, 9.17) is 20.4 Å². The summed E-state index contributed by atoms with van der Waals surface area (Å²) in [5.41, 5.74) is 0. The monoisotopic (exact) mass is 330 g/mol. The van der Waals surface area contributed by atoms with Gasteiger partial charge >= 0.3 is 19.8 Å². The van der Waals surface area contributed by atoms with Crippen LogP contribution in [0, 0.1) is 0 Å². The van der Waals surface area contributed by atoms with Crippen LogP contribution in [0.25, 0.3) is 0 Å². The molecule has 124 valence electrons. The first-order chi connectivity index (χ1) is 9.79. The van der Waals surface area contributed by atoms with Gasteiger partial charge in [0.25, 0.3) is 0 Å². The highest BCUT2D eigenvalue weighted by molar-refractivity contribution is 7.49. The van der Waals surface area contributed by atoms with Gasteiger partial charge in [0.15, 0.2) is 12.2 Å². The van der Waals surface area contributed by atoms with Crippen LogP contribution in [0.15, 0.2) is 0 Å². The molecule has 2 unspecified atom stereocenters. The first-order valence-corrected chi connectivity index (χ1v) is 7.55. The Balaban J connectivity index is 4.87. The third-order valence-electron chi connectivity index (χ3n) is 2.04. The Hall–Kier alpha value is -1.03. The van der Waals surface area contributed by atoms with Crippen LogP contribution < -0.4 is 0 Å². The lowest BCUT2D eigenvalue weighted by Crippen LogP contribution is -2.29. The molecule has 11 heteroatoms. The third-order valence-corrected chi connectivity index (χ3v) is 3.35. The molecule has 0 aliphatic carbocycles. The van der Waals surface area contributed by atoms with Gasteiger partial charge in [0.2, 0.25) is 0 Å². The predicted octanol–water partition coefficient (Wildman–Crippen LogP) is -1.30. The molecule has 0 saturated heterocycles. The number of phosphoric acid groups is 1. The lowest BCUT2D eigenvalue weighted by atomic mass is 10.4. The zero-order chi connectivity index (χ0) is 16.5. The molecule has 10 nitrogen and oxygen atoms in total. The zero-order valence-corrected chi connectivity index (χ0v) is 12.3. The molecule has 0 aromatic carbocycles. The van der Waals surface area contributed by atoms with E-state index in [1.807, 2.05) is 0 Å². The maximum Gasteiger partial charge on any atom is 0.592 e. The van der Waals surface area contributed by atoms with E-state index in [1.165, 1.54) is 0 Å². The summed E-state index contributed by atoms with van der Waals surface area (Å²) in [6.45, 7) is -0.391. The number of aliphatic hydroxyl groups is 4. The van der Waals surface area contributed by atoms with E-state index < -0.39 is 45.2 Å². The Morgan fingerprint density at radius 3 is 1.81 bits per heavy atom. The van der Waals surface area contributed by atoms with E-state index in [1.54, 1.807) is 6.92 Å². The molecule has 0 bridgehead atoms. The van der Waals surface area contributed by atoms with E-state index >= 15 is 0 Å². The highest BCUT2D eigenvalue weighted by Gasteiger charge is 2.38. The van der Waals surface area contributed by atoms with Crippen molar-refractivity contribution in [3.63, 3.8) is 0 Å². The number of hydrogen-bond acceptors (Lipinski definition) is 10. The topological polar surface area (TPSA) is 160 Å². The van der Waals surface area contributed by atoms with Crippen molar-refractivity contribution in [1.29, 1.82) is 0 Å². The van der Waals surface area contributed by atoms with E-state index in [2.05, 4.69) is 13.6 Å². The summed E-state index contributed by atoms with van der Waals surface area (Å²) in [6, 6.07) is 0. The maximum absolute atomic E-state index is 12.1. The largest absolute Gasteiger partial charge is 0.592 e. The van der Waals surface area contributed by atoms with Crippen molar-refractivity contribution in [2.24, 2.45) is 0 Å². The first kappa shape index (κ1) is 20.0. The number of hydrogen-bond donors (Lipinski definition) is 4. The van der Waals surface area contributed by atoms with Gasteiger partial charge in [-0.15, -0.1) is 0 Å². The van der Waals surface area contributed by atoms with Crippen molar-refractivity contribution < 1.29 is 48.2 Å². The van der Waals surface area contributed by atoms with Crippen LogP contribution in [0.4, 0.5) is 0 Å². The first-order valence-electron chi connectivity index (χ1n) is 6.09. The highest BCUT2D eigenvalue weighted by Crippen LogP contribution is 2.50. The van der Waals surface area contributed by atoms with Gasteiger partial charge in [0, 0.05) is 0 Å². The molecule has 0 radical (unpaired) electrons. The lowest BCUT2D eigenvalue weighted by Gasteiger charge is -2.18. The Kier molecular flexibility index (Phi) is 9.34. The van der Waals surface area contributed by atoms with Gasteiger partial charge in [0.05, 0.1) is 19.8 Å². The van der Waals surface area contributed by atoms with E-state index in [0.717, 1.165) is 0 Å². The molecule has 0 aliphatic heterocycles. The molecule has 0 aromatic heterocycles. The van der Waals surface area contributed by atoms with E-state index in [-0.39, 0.29) is 6.61 Å². The molecule has 2 atom stereocenters. The standard InChI is InChI=1S/C10H19O10P/c1-2-3-4-18-21(17,19-9(15)7(13)5-11)20-10(16)8(14)6-12/h7-8,11-14H,2-6H2,1H3. The van der Waals surface area contributed by atoms with Crippen molar-refractivity contribution in [1.82, 2.24) is 0 Å². The van der Waals surface area contributed by atoms with Crippen LogP contribution >= 0.6 is 7.82 Å². The quantitative estimate of drug-likeness (QED) is 0.280. The van der Waals surface area contributed by atoms with E-state index in [0.29, 0.717) is 12.8 Å². The number of aliphatic hydroxyl groups excluding tert-OH is 4. The molecule has 4 N–H and O–H groups in total. The number of unbranched alkanes of at least 4 members (excludes halogenated alkanes) is 1. The fourth-order valence-electron chi connectivity index (χ4n) is 0.883. The van der Waals surface area contributed by atoms with Gasteiger partial charge in [-0.2, -0.15) is 0 Å². The Labute approximate surface area is 120 Å². The second-order valence-corrected chi connectivity index (χ2v) is 5.37. The summed E-state index contributed by atoms with van der Waals surface area (Å²) in [5, 5.41) is 35.2. The van der Waals surface area contributed by atoms with Crippen LogP contribution in [0.5, 0.6) is 0 Å². The molecule has 0 rings (SSSR count). The van der Waals surface area contributed by atoms with Crippen molar-refractivity contribution >= 4 is 19.8 Å². The number of rotatable bonds is 10. The van der Waals surface area contributed by atoms with Crippen LogP contribution in [-0.4, -0.2) is 64.4 Å². The number of carbonyl (C=O) groups excluding carboxylic acids is 2. The number of phosphoric ester groups is 1. The van der Waals surface area contributed by atoms with Crippen molar-refractivity contribution in [3.8, 4) is 0 Å². The summed E-state index contributed by atoms with van der Waals surface area (Å²) in [4.78, 5) is 22.5. The van der Waals surface area contributed by atoms with Gasteiger partial charge in [-0.3, -0.25) is 4.52 Å². The van der Waals surface area contributed by atoms with Crippen molar-refractivity contribution in [3.05, 3.63) is 0 Å². The molecular weight excluding hydrogens is 311 g/mol. The highest BCUT2D eigenvalue weighted by atomic mass is 31.2. The molecule has 0 aliphatic rings. The van der Waals surface area contributed by atoms with Gasteiger partial charge in [-0.25, -0.2) is 14.2 Å². The molecule has 0 saturated carbocycles. The Morgan fingerprint density at radius 1 is 1.05 bits per heavy atom. The van der Waals surface area contributed by atoms with Gasteiger partial charge < -0.3 is 29.5 Å². The van der Waals surface area contributed by atoms with Gasteiger partial charge in [0.1, 0.15) is 0 Å². The van der Waals surface area contributed by atoms with Gasteiger partial charge in [-0.1, -0.05) is 13.3 Å². The summed E-state index contributed by atoms with van der Waals surface area (Å²) < 4.78 is 25.2. The predicted molar refractivity (Wildman–Crippen MR) is 66.8 cm³/mol. The number of carbonyl (C=O) groups is 2. The van der Waals surface area contributed by atoms with Crippen LogP contribution in [0.3, 0.4) is 0 Å². The fourth-order valence-corrected chi connectivity index (χ4v) is 2.06. The second-order valence-electron chi connectivity index (χ2n) is 3.85. The zero-order valence-electron chi connectivity index (χ0n) is 11.4. The molecule has 0 aromatic rings. The molecular formula is C10H19O10P. The normalized spacial score (nSPS) is 16.6. The fraction of sp³-hybridized carbons (Fsp3) is 0.800. The average Bonchev–Trinajstić information content (AvgIpc) is 2.45.